The van der Waals surface area contributed by atoms with Gasteiger partial charge in [0, 0.05) is 25.7 Å². The monoisotopic (exact) mass is 358 g/mol. The van der Waals surface area contributed by atoms with Crippen LogP contribution in [0.15, 0.2) is 0 Å². The maximum atomic E-state index is 11.7. The van der Waals surface area contributed by atoms with Gasteiger partial charge >= 0.3 is 0 Å². The van der Waals surface area contributed by atoms with Gasteiger partial charge in [-0.05, 0) is 5.92 Å². The van der Waals surface area contributed by atoms with Gasteiger partial charge in [-0.2, -0.15) is 0 Å². The summed E-state index contributed by atoms with van der Waals surface area (Å²) in [6.07, 6.45) is 0. The Morgan fingerprint density at radius 2 is 1.73 bits per heavy atom. The third-order valence-electron chi connectivity index (χ3n) is 3.42. The van der Waals surface area contributed by atoms with Crippen LogP contribution in [0.1, 0.15) is 13.8 Å². The maximum Gasteiger partial charge on any atom is 0.239 e. The zero-order valence-electron chi connectivity index (χ0n) is 13.2. The number of nitrogens with one attached hydrogen (secondary N) is 2. The number of rotatable bonds is 7. The summed E-state index contributed by atoms with van der Waals surface area (Å²) in [5, 5.41) is 5.32. The molecule has 2 amide bonds. The third-order valence-corrected chi connectivity index (χ3v) is 3.42. The second-order valence-electron chi connectivity index (χ2n) is 5.24. The van der Waals surface area contributed by atoms with Gasteiger partial charge in [0.1, 0.15) is 0 Å². The fraction of sp³-hybridized carbons (Fsp3) is 0.846. The predicted octanol–water partition coefficient (Wildman–Crippen LogP) is -0.622. The molecule has 0 aromatic rings. The number of carbonyl (C=O) groups is 2. The Labute approximate surface area is 144 Å². The highest BCUT2D eigenvalue weighted by atomic mass is 35.5. The minimum absolute atomic E-state index is 0. The fourth-order valence-electron chi connectivity index (χ4n) is 2.23. The lowest BCUT2D eigenvalue weighted by Crippen LogP contribution is -2.52. The summed E-state index contributed by atoms with van der Waals surface area (Å²) in [5.41, 5.74) is 5.16. The van der Waals surface area contributed by atoms with Crippen molar-refractivity contribution in [3.63, 3.8) is 0 Å². The van der Waals surface area contributed by atoms with Gasteiger partial charge in [-0.25, -0.2) is 0 Å². The highest BCUT2D eigenvalue weighted by Gasteiger charge is 2.24. The Bertz CT molecular complexity index is 326. The molecule has 1 saturated heterocycles. The molecular weight excluding hydrogens is 331 g/mol. The van der Waals surface area contributed by atoms with Crippen LogP contribution in [0.3, 0.4) is 0 Å². The number of halogens is 2. The van der Waals surface area contributed by atoms with E-state index in [9.17, 15) is 9.59 Å². The van der Waals surface area contributed by atoms with Crippen LogP contribution in [0, 0.1) is 5.92 Å². The Balaban J connectivity index is 0. The van der Waals surface area contributed by atoms with E-state index in [-0.39, 0.29) is 55.8 Å². The van der Waals surface area contributed by atoms with E-state index in [0.29, 0.717) is 12.5 Å². The number of nitrogens with zero attached hydrogens (tertiary/aromatic N) is 1. The standard InChI is InChI=1S/C13H26N4O3.2ClH/c1-10(2)11(17-3-5-20-6-4-17)8-15-13(19)9-16-12(18)7-14;;/h10-11H,3-9,14H2,1-2H3,(H,15,19)(H,16,18);2*1H. The van der Waals surface area contributed by atoms with Crippen LogP contribution in [-0.2, 0) is 14.3 Å². The summed E-state index contributed by atoms with van der Waals surface area (Å²) in [6, 6.07) is 0.285. The van der Waals surface area contributed by atoms with Gasteiger partial charge in [-0.3, -0.25) is 14.5 Å². The third kappa shape index (κ3) is 8.75. The number of hydrogen-bond donors (Lipinski definition) is 3. The van der Waals surface area contributed by atoms with E-state index in [1.54, 1.807) is 0 Å². The second-order valence-corrected chi connectivity index (χ2v) is 5.24. The van der Waals surface area contributed by atoms with Gasteiger partial charge in [0.05, 0.1) is 26.3 Å². The van der Waals surface area contributed by atoms with Crippen molar-refractivity contribution in [1.82, 2.24) is 15.5 Å². The first-order valence-electron chi connectivity index (χ1n) is 7.09. The molecule has 1 atom stereocenters. The van der Waals surface area contributed by atoms with Gasteiger partial charge in [0.2, 0.25) is 11.8 Å². The number of ether oxygens (including phenoxy) is 1. The zero-order valence-corrected chi connectivity index (χ0v) is 14.8. The second kappa shape index (κ2) is 12.9. The van der Waals surface area contributed by atoms with Crippen LogP contribution in [0.5, 0.6) is 0 Å². The first-order chi connectivity index (χ1) is 9.54. The first kappa shape index (κ1) is 23.7. The lowest BCUT2D eigenvalue weighted by Gasteiger charge is -2.36. The SMILES string of the molecule is CC(C)C(CNC(=O)CNC(=O)CN)N1CCOCC1.Cl.Cl. The van der Waals surface area contributed by atoms with Gasteiger partial charge in [0.15, 0.2) is 0 Å². The lowest BCUT2D eigenvalue weighted by atomic mass is 10.0. The van der Waals surface area contributed by atoms with Crippen LogP contribution in [0.2, 0.25) is 0 Å². The van der Waals surface area contributed by atoms with Crippen molar-refractivity contribution in [3.8, 4) is 0 Å². The summed E-state index contributed by atoms with van der Waals surface area (Å²) >= 11 is 0. The number of morpholine rings is 1. The largest absolute Gasteiger partial charge is 0.379 e. The summed E-state index contributed by atoms with van der Waals surface area (Å²) in [5.74, 6) is -0.0773. The quantitative estimate of drug-likeness (QED) is 0.563. The number of hydrogen-bond acceptors (Lipinski definition) is 5. The number of amides is 2. The zero-order chi connectivity index (χ0) is 15.0. The summed E-state index contributed by atoms with van der Waals surface area (Å²) in [7, 11) is 0. The number of nitrogens with two attached hydrogens (primary N) is 1. The van der Waals surface area contributed by atoms with Crippen LogP contribution < -0.4 is 16.4 Å². The van der Waals surface area contributed by atoms with E-state index in [1.807, 2.05) is 0 Å². The number of carbonyl (C=O) groups excluding carboxylic acids is 2. The van der Waals surface area contributed by atoms with Crippen molar-refractivity contribution < 1.29 is 14.3 Å². The summed E-state index contributed by atoms with van der Waals surface area (Å²) in [6.45, 7) is 8.00. The molecule has 1 aliphatic rings. The Morgan fingerprint density at radius 1 is 1.14 bits per heavy atom. The first-order valence-corrected chi connectivity index (χ1v) is 7.09. The van der Waals surface area contributed by atoms with Crippen molar-refractivity contribution >= 4 is 36.6 Å². The van der Waals surface area contributed by atoms with E-state index in [2.05, 4.69) is 29.4 Å². The molecule has 9 heteroatoms. The highest BCUT2D eigenvalue weighted by molar-refractivity contribution is 5.86. The normalized spacial score (nSPS) is 16.2. The Kier molecular flexibility index (Phi) is 13.9. The molecule has 1 fully saturated rings. The maximum absolute atomic E-state index is 11.7. The van der Waals surface area contributed by atoms with Gasteiger partial charge in [-0.15, -0.1) is 24.8 Å². The molecule has 1 rings (SSSR count). The van der Waals surface area contributed by atoms with Crippen molar-refractivity contribution in [1.29, 1.82) is 0 Å². The molecule has 1 aliphatic heterocycles. The molecule has 1 unspecified atom stereocenters. The molecule has 7 nitrogen and oxygen atoms in total. The predicted molar refractivity (Wildman–Crippen MR) is 90.6 cm³/mol. The smallest absolute Gasteiger partial charge is 0.239 e. The molecule has 0 aromatic heterocycles. The van der Waals surface area contributed by atoms with Crippen molar-refractivity contribution in [2.75, 3.05) is 45.9 Å². The Morgan fingerprint density at radius 3 is 2.23 bits per heavy atom. The molecule has 0 radical (unpaired) electrons. The fourth-order valence-corrected chi connectivity index (χ4v) is 2.23. The Hall–Kier alpha value is -0.600. The molecule has 0 aromatic carbocycles. The molecule has 4 N–H and O–H groups in total. The van der Waals surface area contributed by atoms with Crippen molar-refractivity contribution in [2.24, 2.45) is 11.7 Å². The lowest BCUT2D eigenvalue weighted by molar-refractivity contribution is -0.125. The molecule has 1 heterocycles. The molecule has 0 spiro atoms. The van der Waals surface area contributed by atoms with Gasteiger partial charge in [-0.1, -0.05) is 13.8 Å². The van der Waals surface area contributed by atoms with Crippen molar-refractivity contribution in [3.05, 3.63) is 0 Å². The molecule has 22 heavy (non-hydrogen) atoms. The molecule has 0 saturated carbocycles. The van der Waals surface area contributed by atoms with E-state index in [4.69, 9.17) is 10.5 Å². The van der Waals surface area contributed by atoms with Crippen molar-refractivity contribution in [2.45, 2.75) is 19.9 Å². The van der Waals surface area contributed by atoms with E-state index in [1.165, 1.54) is 0 Å². The summed E-state index contributed by atoms with van der Waals surface area (Å²) < 4.78 is 5.34. The van der Waals surface area contributed by atoms with Gasteiger partial charge < -0.3 is 21.1 Å². The molecule has 0 bridgehead atoms. The summed E-state index contributed by atoms with van der Waals surface area (Å²) in [4.78, 5) is 25.0. The average molecular weight is 359 g/mol. The van der Waals surface area contributed by atoms with E-state index >= 15 is 0 Å². The van der Waals surface area contributed by atoms with E-state index < -0.39 is 0 Å². The average Bonchev–Trinajstić information content (AvgIpc) is 2.45. The molecular formula is C13H28Cl2N4O3. The van der Waals surface area contributed by atoms with Crippen LogP contribution in [-0.4, -0.2) is 68.7 Å². The minimum Gasteiger partial charge on any atom is -0.379 e. The highest BCUT2D eigenvalue weighted by Crippen LogP contribution is 2.12. The van der Waals surface area contributed by atoms with E-state index in [0.717, 1.165) is 26.3 Å². The molecule has 132 valence electrons. The topological polar surface area (TPSA) is 96.7 Å². The molecule has 0 aliphatic carbocycles. The van der Waals surface area contributed by atoms with Crippen LogP contribution >= 0.6 is 24.8 Å². The van der Waals surface area contributed by atoms with Crippen LogP contribution in [0.25, 0.3) is 0 Å². The van der Waals surface area contributed by atoms with Gasteiger partial charge in [0.25, 0.3) is 0 Å². The van der Waals surface area contributed by atoms with Crippen LogP contribution in [0.4, 0.5) is 0 Å². The minimum atomic E-state index is -0.325.